The van der Waals surface area contributed by atoms with Crippen molar-refractivity contribution in [1.29, 1.82) is 0 Å². The molecule has 108 valence electrons. The minimum Gasteiger partial charge on any atom is -0.383 e. The van der Waals surface area contributed by atoms with Gasteiger partial charge in [0, 0.05) is 36.2 Å². The molecule has 1 aromatic carbocycles. The molecule has 0 saturated heterocycles. The predicted molar refractivity (Wildman–Crippen MR) is 81.7 cm³/mol. The second kappa shape index (κ2) is 6.21. The van der Waals surface area contributed by atoms with Crippen LogP contribution < -0.4 is 5.32 Å². The Morgan fingerprint density at radius 1 is 1.33 bits per heavy atom. The Bertz CT molecular complexity index is 659. The van der Waals surface area contributed by atoms with Crippen LogP contribution in [0.1, 0.15) is 13.3 Å². The molecular weight excluding hydrogens is 264 g/mol. The molecule has 0 fully saturated rings. The summed E-state index contributed by atoms with van der Waals surface area (Å²) in [5, 5.41) is 14.5. The second-order valence-corrected chi connectivity index (χ2v) is 5.02. The SMILES string of the molecule is CC(CCn1cccn1)Nc1cccc(-c2ncn[nH]2)c1. The Kier molecular flexibility index (Phi) is 3.95. The van der Waals surface area contributed by atoms with E-state index in [0.717, 1.165) is 30.0 Å². The third-order valence-corrected chi connectivity index (χ3v) is 3.31. The number of aryl methyl sites for hydroxylation is 1. The van der Waals surface area contributed by atoms with Crippen LogP contribution in [0.3, 0.4) is 0 Å². The first-order valence-corrected chi connectivity index (χ1v) is 7.01. The van der Waals surface area contributed by atoms with Crippen LogP contribution in [-0.4, -0.2) is 31.0 Å². The fraction of sp³-hybridized carbons (Fsp3) is 0.267. The molecule has 6 nitrogen and oxygen atoms in total. The van der Waals surface area contributed by atoms with E-state index >= 15 is 0 Å². The summed E-state index contributed by atoms with van der Waals surface area (Å²) in [5.41, 5.74) is 2.11. The highest BCUT2D eigenvalue weighted by molar-refractivity contribution is 5.62. The van der Waals surface area contributed by atoms with E-state index in [1.165, 1.54) is 6.33 Å². The first kappa shape index (κ1) is 13.4. The van der Waals surface area contributed by atoms with Crippen molar-refractivity contribution >= 4 is 5.69 Å². The molecule has 1 atom stereocenters. The molecule has 2 N–H and O–H groups in total. The molecule has 0 saturated carbocycles. The number of hydrogen-bond donors (Lipinski definition) is 2. The van der Waals surface area contributed by atoms with Gasteiger partial charge in [-0.25, -0.2) is 4.98 Å². The Labute approximate surface area is 123 Å². The van der Waals surface area contributed by atoms with E-state index in [-0.39, 0.29) is 0 Å². The second-order valence-electron chi connectivity index (χ2n) is 5.02. The smallest absolute Gasteiger partial charge is 0.155 e. The molecule has 2 aromatic heterocycles. The molecule has 0 amide bonds. The molecule has 21 heavy (non-hydrogen) atoms. The molecule has 0 aliphatic rings. The Balaban J connectivity index is 1.60. The number of benzene rings is 1. The zero-order valence-corrected chi connectivity index (χ0v) is 11.9. The normalized spacial score (nSPS) is 12.2. The van der Waals surface area contributed by atoms with E-state index in [2.05, 4.69) is 44.7 Å². The average Bonchev–Trinajstić information content (AvgIpc) is 3.19. The molecule has 3 aromatic rings. The lowest BCUT2D eigenvalue weighted by molar-refractivity contribution is 0.546. The minimum absolute atomic E-state index is 0.360. The van der Waals surface area contributed by atoms with Crippen LogP contribution in [0.4, 0.5) is 5.69 Å². The van der Waals surface area contributed by atoms with Gasteiger partial charge in [-0.3, -0.25) is 9.78 Å². The Hall–Kier alpha value is -2.63. The number of aromatic amines is 1. The summed E-state index contributed by atoms with van der Waals surface area (Å²) < 4.78 is 1.95. The highest BCUT2D eigenvalue weighted by atomic mass is 15.3. The van der Waals surface area contributed by atoms with Gasteiger partial charge < -0.3 is 5.32 Å². The minimum atomic E-state index is 0.360. The van der Waals surface area contributed by atoms with E-state index in [0.29, 0.717) is 6.04 Å². The van der Waals surface area contributed by atoms with Crippen LogP contribution in [0.25, 0.3) is 11.4 Å². The highest BCUT2D eigenvalue weighted by Gasteiger charge is 2.05. The van der Waals surface area contributed by atoms with Gasteiger partial charge >= 0.3 is 0 Å². The first-order chi connectivity index (χ1) is 10.3. The number of anilines is 1. The summed E-state index contributed by atoms with van der Waals surface area (Å²) >= 11 is 0. The number of nitrogens with zero attached hydrogens (tertiary/aromatic N) is 4. The summed E-state index contributed by atoms with van der Waals surface area (Å²) in [7, 11) is 0. The van der Waals surface area contributed by atoms with Crippen molar-refractivity contribution in [2.24, 2.45) is 0 Å². The van der Waals surface area contributed by atoms with E-state index in [1.54, 1.807) is 6.20 Å². The maximum Gasteiger partial charge on any atom is 0.155 e. The lowest BCUT2D eigenvalue weighted by Gasteiger charge is -2.15. The van der Waals surface area contributed by atoms with Crippen molar-refractivity contribution in [3.63, 3.8) is 0 Å². The maximum absolute atomic E-state index is 4.21. The Morgan fingerprint density at radius 2 is 2.29 bits per heavy atom. The van der Waals surface area contributed by atoms with Gasteiger partial charge in [0.2, 0.25) is 0 Å². The molecule has 0 aliphatic heterocycles. The Morgan fingerprint density at radius 3 is 3.05 bits per heavy atom. The molecule has 0 aliphatic carbocycles. The molecule has 2 heterocycles. The van der Waals surface area contributed by atoms with Crippen LogP contribution in [-0.2, 0) is 6.54 Å². The van der Waals surface area contributed by atoms with Crippen LogP contribution in [0.5, 0.6) is 0 Å². The van der Waals surface area contributed by atoms with Gasteiger partial charge in [-0.05, 0) is 31.5 Å². The van der Waals surface area contributed by atoms with Gasteiger partial charge in [0.1, 0.15) is 6.33 Å². The molecular formula is C15H18N6. The predicted octanol–water partition coefficient (Wildman–Crippen LogP) is 2.56. The molecule has 0 radical (unpaired) electrons. The molecule has 0 spiro atoms. The summed E-state index contributed by atoms with van der Waals surface area (Å²) in [5.74, 6) is 0.780. The third-order valence-electron chi connectivity index (χ3n) is 3.31. The van der Waals surface area contributed by atoms with Gasteiger partial charge in [0.25, 0.3) is 0 Å². The lowest BCUT2D eigenvalue weighted by Crippen LogP contribution is -2.17. The topological polar surface area (TPSA) is 71.4 Å². The van der Waals surface area contributed by atoms with Crippen LogP contribution in [0, 0.1) is 0 Å². The van der Waals surface area contributed by atoms with Gasteiger partial charge in [0.15, 0.2) is 5.82 Å². The number of H-pyrrole nitrogens is 1. The van der Waals surface area contributed by atoms with Crippen molar-refractivity contribution in [2.75, 3.05) is 5.32 Å². The van der Waals surface area contributed by atoms with Crippen LogP contribution in [0.15, 0.2) is 49.1 Å². The highest BCUT2D eigenvalue weighted by Crippen LogP contribution is 2.19. The number of aromatic nitrogens is 5. The largest absolute Gasteiger partial charge is 0.383 e. The fourth-order valence-electron chi connectivity index (χ4n) is 2.22. The summed E-state index contributed by atoms with van der Waals surface area (Å²) in [6, 6.07) is 10.5. The number of rotatable bonds is 6. The lowest BCUT2D eigenvalue weighted by atomic mass is 10.1. The van der Waals surface area contributed by atoms with Crippen molar-refractivity contribution in [1.82, 2.24) is 25.0 Å². The first-order valence-electron chi connectivity index (χ1n) is 7.01. The van der Waals surface area contributed by atoms with Crippen molar-refractivity contribution in [2.45, 2.75) is 25.9 Å². The van der Waals surface area contributed by atoms with Crippen molar-refractivity contribution in [3.05, 3.63) is 49.1 Å². The fourth-order valence-corrected chi connectivity index (χ4v) is 2.22. The van der Waals surface area contributed by atoms with Gasteiger partial charge in [0.05, 0.1) is 0 Å². The van der Waals surface area contributed by atoms with Crippen LogP contribution in [0.2, 0.25) is 0 Å². The molecule has 6 heteroatoms. The van der Waals surface area contributed by atoms with E-state index in [9.17, 15) is 0 Å². The molecule has 3 rings (SSSR count). The van der Waals surface area contributed by atoms with E-state index in [1.807, 2.05) is 29.1 Å². The van der Waals surface area contributed by atoms with Gasteiger partial charge in [-0.1, -0.05) is 12.1 Å². The quantitative estimate of drug-likeness (QED) is 0.729. The summed E-state index contributed by atoms with van der Waals surface area (Å²) in [6.07, 6.45) is 6.31. The monoisotopic (exact) mass is 282 g/mol. The van der Waals surface area contributed by atoms with E-state index < -0.39 is 0 Å². The van der Waals surface area contributed by atoms with Crippen molar-refractivity contribution < 1.29 is 0 Å². The zero-order valence-electron chi connectivity index (χ0n) is 11.9. The van der Waals surface area contributed by atoms with Gasteiger partial charge in [-0.15, -0.1) is 0 Å². The number of nitrogens with one attached hydrogen (secondary N) is 2. The summed E-state index contributed by atoms with van der Waals surface area (Å²) in [6.45, 7) is 3.08. The summed E-state index contributed by atoms with van der Waals surface area (Å²) in [4.78, 5) is 4.17. The van der Waals surface area contributed by atoms with E-state index in [4.69, 9.17) is 0 Å². The van der Waals surface area contributed by atoms with Crippen molar-refractivity contribution in [3.8, 4) is 11.4 Å². The number of hydrogen-bond acceptors (Lipinski definition) is 4. The molecule has 1 unspecified atom stereocenters. The maximum atomic E-state index is 4.21. The van der Waals surface area contributed by atoms with Gasteiger partial charge in [-0.2, -0.15) is 10.2 Å². The third kappa shape index (κ3) is 3.47. The van der Waals surface area contributed by atoms with Crippen LogP contribution >= 0.6 is 0 Å². The average molecular weight is 282 g/mol. The zero-order chi connectivity index (χ0) is 14.5. The molecule has 0 bridgehead atoms. The standard InChI is InChI=1S/C15H18N6/c1-12(6-9-21-8-3-7-18-21)19-14-5-2-4-13(10-14)15-16-11-17-20-15/h2-5,7-8,10-12,19H,6,9H2,1H3,(H,16,17,20).